The lowest BCUT2D eigenvalue weighted by molar-refractivity contribution is 0.0378. The van der Waals surface area contributed by atoms with Crippen molar-refractivity contribution in [2.24, 2.45) is 5.41 Å². The lowest BCUT2D eigenvalue weighted by atomic mass is 9.71. The zero-order chi connectivity index (χ0) is 10.3. The summed E-state index contributed by atoms with van der Waals surface area (Å²) in [6.07, 6.45) is 1.04. The molecule has 1 atom stereocenters. The summed E-state index contributed by atoms with van der Waals surface area (Å²) in [4.78, 5) is 2.16. The maximum absolute atomic E-state index is 13.3. The van der Waals surface area contributed by atoms with E-state index in [0.717, 1.165) is 6.42 Å². The zero-order valence-electron chi connectivity index (χ0n) is 9.52. The molecule has 1 nitrogen and oxygen atoms in total. The number of rotatable bonds is 0. The van der Waals surface area contributed by atoms with Crippen LogP contribution in [0.5, 0.6) is 0 Å². The van der Waals surface area contributed by atoms with Gasteiger partial charge in [0.2, 0.25) is 0 Å². The standard InChI is InChI=1S/C11H22FN/c1-10(2)7-6-9(12)8-13(5)11(10,3)4/h9H,6-8H2,1-5H3. The molecule has 0 saturated carbocycles. The van der Waals surface area contributed by atoms with Crippen molar-refractivity contribution >= 4 is 0 Å². The smallest absolute Gasteiger partial charge is 0.113 e. The highest BCUT2D eigenvalue weighted by molar-refractivity contribution is 4.97. The van der Waals surface area contributed by atoms with Gasteiger partial charge in [0.05, 0.1) is 0 Å². The average Bonchev–Trinajstić information content (AvgIpc) is 2.04. The van der Waals surface area contributed by atoms with Crippen LogP contribution in [0.3, 0.4) is 0 Å². The second kappa shape index (κ2) is 3.23. The molecule has 1 rings (SSSR count). The van der Waals surface area contributed by atoms with Gasteiger partial charge in [0, 0.05) is 12.1 Å². The maximum Gasteiger partial charge on any atom is 0.113 e. The van der Waals surface area contributed by atoms with Crippen LogP contribution in [0.2, 0.25) is 0 Å². The number of halogens is 1. The van der Waals surface area contributed by atoms with Crippen molar-refractivity contribution in [3.8, 4) is 0 Å². The first-order valence-corrected chi connectivity index (χ1v) is 5.13. The van der Waals surface area contributed by atoms with Gasteiger partial charge in [0.25, 0.3) is 0 Å². The molecular weight excluding hydrogens is 165 g/mol. The van der Waals surface area contributed by atoms with Crippen molar-refractivity contribution in [1.82, 2.24) is 4.90 Å². The molecule has 0 bridgehead atoms. The summed E-state index contributed by atoms with van der Waals surface area (Å²) in [5, 5.41) is 0. The molecule has 1 unspecified atom stereocenters. The van der Waals surface area contributed by atoms with Crippen molar-refractivity contribution in [1.29, 1.82) is 0 Å². The summed E-state index contributed by atoms with van der Waals surface area (Å²) in [6, 6.07) is 0. The topological polar surface area (TPSA) is 3.24 Å². The first-order valence-electron chi connectivity index (χ1n) is 5.13. The van der Waals surface area contributed by atoms with Crippen LogP contribution in [0, 0.1) is 5.41 Å². The SMILES string of the molecule is CN1CC(F)CCC(C)(C)C1(C)C. The number of likely N-dealkylation sites (tertiary alicyclic amines) is 1. The van der Waals surface area contributed by atoms with Crippen molar-refractivity contribution in [2.75, 3.05) is 13.6 Å². The molecule has 0 aliphatic carbocycles. The molecule has 13 heavy (non-hydrogen) atoms. The van der Waals surface area contributed by atoms with E-state index >= 15 is 0 Å². The molecule has 2 heteroatoms. The Morgan fingerprint density at radius 3 is 2.31 bits per heavy atom. The van der Waals surface area contributed by atoms with Gasteiger partial charge in [0.15, 0.2) is 0 Å². The number of hydrogen-bond donors (Lipinski definition) is 0. The Morgan fingerprint density at radius 1 is 1.23 bits per heavy atom. The Hall–Kier alpha value is -0.110. The molecule has 0 aromatic heterocycles. The normalized spacial score (nSPS) is 34.2. The number of nitrogens with zero attached hydrogens (tertiary/aromatic N) is 1. The minimum Gasteiger partial charge on any atom is -0.298 e. The van der Waals surface area contributed by atoms with Gasteiger partial charge in [-0.15, -0.1) is 0 Å². The summed E-state index contributed by atoms with van der Waals surface area (Å²) in [7, 11) is 2.03. The number of alkyl halides is 1. The molecule has 1 saturated heterocycles. The Bertz CT molecular complexity index is 187. The lowest BCUT2D eigenvalue weighted by Crippen LogP contribution is -2.51. The Kier molecular flexibility index (Phi) is 2.73. The third kappa shape index (κ3) is 1.88. The monoisotopic (exact) mass is 187 g/mol. The third-order valence-corrected chi connectivity index (χ3v) is 4.17. The van der Waals surface area contributed by atoms with E-state index in [0.29, 0.717) is 13.0 Å². The van der Waals surface area contributed by atoms with Gasteiger partial charge < -0.3 is 0 Å². The molecule has 1 aliphatic heterocycles. The fraction of sp³-hybridized carbons (Fsp3) is 1.00. The predicted octanol–water partition coefficient (Wildman–Crippen LogP) is 2.85. The average molecular weight is 187 g/mol. The summed E-state index contributed by atoms with van der Waals surface area (Å²) < 4.78 is 13.3. The van der Waals surface area contributed by atoms with Crippen LogP contribution in [0.15, 0.2) is 0 Å². The van der Waals surface area contributed by atoms with Gasteiger partial charge in [-0.2, -0.15) is 0 Å². The molecule has 1 heterocycles. The Balaban J connectivity index is 2.89. The van der Waals surface area contributed by atoms with Crippen molar-refractivity contribution in [2.45, 2.75) is 52.2 Å². The van der Waals surface area contributed by atoms with Crippen LogP contribution in [0.25, 0.3) is 0 Å². The van der Waals surface area contributed by atoms with E-state index in [1.165, 1.54) is 0 Å². The summed E-state index contributed by atoms with van der Waals surface area (Å²) >= 11 is 0. The van der Waals surface area contributed by atoms with Gasteiger partial charge in [-0.25, -0.2) is 4.39 Å². The van der Waals surface area contributed by atoms with Crippen LogP contribution in [-0.4, -0.2) is 30.2 Å². The highest BCUT2D eigenvalue weighted by Gasteiger charge is 2.42. The Labute approximate surface area is 81.3 Å². The van der Waals surface area contributed by atoms with Crippen LogP contribution in [-0.2, 0) is 0 Å². The minimum absolute atomic E-state index is 0.0911. The largest absolute Gasteiger partial charge is 0.298 e. The van der Waals surface area contributed by atoms with E-state index in [4.69, 9.17) is 0 Å². The van der Waals surface area contributed by atoms with Crippen LogP contribution >= 0.6 is 0 Å². The van der Waals surface area contributed by atoms with Crippen molar-refractivity contribution in [3.63, 3.8) is 0 Å². The highest BCUT2D eigenvalue weighted by atomic mass is 19.1. The molecule has 0 radical (unpaired) electrons. The van der Waals surface area contributed by atoms with Crippen LogP contribution in [0.1, 0.15) is 40.5 Å². The molecule has 0 amide bonds. The van der Waals surface area contributed by atoms with E-state index < -0.39 is 6.17 Å². The molecule has 78 valence electrons. The summed E-state index contributed by atoms with van der Waals surface area (Å²) in [6.45, 7) is 9.48. The zero-order valence-corrected chi connectivity index (χ0v) is 9.52. The quantitative estimate of drug-likeness (QED) is 0.563. The summed E-state index contributed by atoms with van der Waals surface area (Å²) in [5.41, 5.74) is 0.288. The van der Waals surface area contributed by atoms with Crippen LogP contribution in [0.4, 0.5) is 4.39 Å². The molecule has 1 aliphatic rings. The van der Waals surface area contributed by atoms with E-state index in [1.807, 2.05) is 7.05 Å². The first kappa shape index (κ1) is 11.0. The second-order valence-corrected chi connectivity index (χ2v) is 5.46. The molecule has 0 N–H and O–H groups in total. The van der Waals surface area contributed by atoms with Gasteiger partial charge in [-0.1, -0.05) is 13.8 Å². The highest BCUT2D eigenvalue weighted by Crippen LogP contribution is 2.41. The van der Waals surface area contributed by atoms with Crippen molar-refractivity contribution < 1.29 is 4.39 Å². The fourth-order valence-corrected chi connectivity index (χ4v) is 1.96. The second-order valence-electron chi connectivity index (χ2n) is 5.46. The molecule has 1 fully saturated rings. The van der Waals surface area contributed by atoms with Gasteiger partial charge in [-0.05, 0) is 39.2 Å². The van der Waals surface area contributed by atoms with Crippen LogP contribution < -0.4 is 0 Å². The van der Waals surface area contributed by atoms with E-state index in [2.05, 4.69) is 32.6 Å². The Morgan fingerprint density at radius 2 is 1.77 bits per heavy atom. The molecular formula is C11H22FN. The predicted molar refractivity (Wildman–Crippen MR) is 54.6 cm³/mol. The third-order valence-electron chi connectivity index (χ3n) is 4.17. The maximum atomic E-state index is 13.3. The lowest BCUT2D eigenvalue weighted by Gasteiger charge is -2.46. The van der Waals surface area contributed by atoms with E-state index in [-0.39, 0.29) is 11.0 Å². The van der Waals surface area contributed by atoms with E-state index in [9.17, 15) is 4.39 Å². The molecule has 0 aromatic rings. The van der Waals surface area contributed by atoms with E-state index in [1.54, 1.807) is 0 Å². The molecule has 0 spiro atoms. The number of hydrogen-bond acceptors (Lipinski definition) is 1. The van der Waals surface area contributed by atoms with Gasteiger partial charge >= 0.3 is 0 Å². The first-order chi connectivity index (χ1) is 5.77. The van der Waals surface area contributed by atoms with Gasteiger partial charge in [-0.3, -0.25) is 4.90 Å². The molecule has 0 aromatic carbocycles. The fourth-order valence-electron chi connectivity index (χ4n) is 1.96. The summed E-state index contributed by atoms with van der Waals surface area (Å²) in [5.74, 6) is 0. The van der Waals surface area contributed by atoms with Gasteiger partial charge in [0.1, 0.15) is 6.17 Å². The van der Waals surface area contributed by atoms with Crippen molar-refractivity contribution in [3.05, 3.63) is 0 Å². The minimum atomic E-state index is -0.647.